The van der Waals surface area contributed by atoms with Crippen LogP contribution in [0.15, 0.2) is 18.2 Å². The van der Waals surface area contributed by atoms with Gasteiger partial charge < -0.3 is 15.7 Å². The van der Waals surface area contributed by atoms with Crippen molar-refractivity contribution in [1.29, 1.82) is 0 Å². The Labute approximate surface area is 132 Å². The van der Waals surface area contributed by atoms with Crippen LogP contribution in [0.25, 0.3) is 0 Å². The predicted molar refractivity (Wildman–Crippen MR) is 87.6 cm³/mol. The molecule has 2 amide bonds. The van der Waals surface area contributed by atoms with Crippen LogP contribution in [-0.2, 0) is 9.59 Å². The molecule has 0 aliphatic heterocycles. The number of anilines is 1. The monoisotopic (exact) mass is 306 g/mol. The van der Waals surface area contributed by atoms with Gasteiger partial charge in [0.1, 0.15) is 0 Å². The number of aryl methyl sites for hydroxylation is 2. The highest BCUT2D eigenvalue weighted by Crippen LogP contribution is 2.14. The van der Waals surface area contributed by atoms with E-state index in [1.165, 1.54) is 0 Å². The standard InChI is InChI=1S/C17H26N2O3/c1-5-13(6-2)15(20)10-18-16(21)17(22)19-14-8-7-11(3)12(4)9-14/h7-9,13,15,20H,5-6,10H2,1-4H3,(H,18,21)(H,19,22). The van der Waals surface area contributed by atoms with Crippen molar-refractivity contribution in [2.75, 3.05) is 11.9 Å². The van der Waals surface area contributed by atoms with Gasteiger partial charge in [0.2, 0.25) is 0 Å². The molecule has 0 radical (unpaired) electrons. The first-order valence-corrected chi connectivity index (χ1v) is 7.73. The summed E-state index contributed by atoms with van der Waals surface area (Å²) in [7, 11) is 0. The average Bonchev–Trinajstić information content (AvgIpc) is 2.49. The number of aliphatic hydroxyl groups is 1. The Kier molecular flexibility index (Phi) is 7.05. The lowest BCUT2D eigenvalue weighted by atomic mass is 9.96. The third-order valence-corrected chi connectivity index (χ3v) is 4.04. The number of amides is 2. The Morgan fingerprint density at radius 1 is 1.09 bits per heavy atom. The van der Waals surface area contributed by atoms with E-state index in [-0.39, 0.29) is 12.5 Å². The summed E-state index contributed by atoms with van der Waals surface area (Å²) in [6.45, 7) is 7.99. The molecule has 0 fully saturated rings. The molecule has 0 aliphatic carbocycles. The smallest absolute Gasteiger partial charge is 0.313 e. The summed E-state index contributed by atoms with van der Waals surface area (Å²) in [4.78, 5) is 23.6. The molecule has 0 aromatic heterocycles. The van der Waals surface area contributed by atoms with Crippen molar-refractivity contribution in [3.63, 3.8) is 0 Å². The Morgan fingerprint density at radius 3 is 2.27 bits per heavy atom. The molecule has 0 saturated heterocycles. The maximum Gasteiger partial charge on any atom is 0.313 e. The fourth-order valence-corrected chi connectivity index (χ4v) is 2.28. The number of carbonyl (C=O) groups excluding carboxylic acids is 2. The predicted octanol–water partition coefficient (Wildman–Crippen LogP) is 2.16. The molecule has 0 bridgehead atoms. The summed E-state index contributed by atoms with van der Waals surface area (Å²) in [5, 5.41) is 15.0. The highest BCUT2D eigenvalue weighted by molar-refractivity contribution is 6.39. The number of aliphatic hydroxyl groups excluding tert-OH is 1. The normalized spacial score (nSPS) is 12.1. The lowest BCUT2D eigenvalue weighted by Crippen LogP contribution is -2.41. The van der Waals surface area contributed by atoms with E-state index in [1.54, 1.807) is 6.07 Å². The van der Waals surface area contributed by atoms with E-state index < -0.39 is 17.9 Å². The zero-order valence-corrected chi connectivity index (χ0v) is 13.8. The molecule has 0 heterocycles. The minimum Gasteiger partial charge on any atom is -0.391 e. The second kappa shape index (κ2) is 8.54. The summed E-state index contributed by atoms with van der Waals surface area (Å²) in [5.74, 6) is -1.33. The summed E-state index contributed by atoms with van der Waals surface area (Å²) in [6.07, 6.45) is 1.04. The molecule has 1 aromatic rings. The number of nitrogens with one attached hydrogen (secondary N) is 2. The molecular formula is C17H26N2O3. The van der Waals surface area contributed by atoms with Gasteiger partial charge in [-0.05, 0) is 43.0 Å². The molecule has 5 heteroatoms. The van der Waals surface area contributed by atoms with Gasteiger partial charge in [0.25, 0.3) is 0 Å². The summed E-state index contributed by atoms with van der Waals surface area (Å²) in [6, 6.07) is 5.46. The minimum atomic E-state index is -0.733. The molecule has 122 valence electrons. The molecule has 1 atom stereocenters. The number of rotatable bonds is 6. The van der Waals surface area contributed by atoms with E-state index in [1.807, 2.05) is 39.8 Å². The molecule has 22 heavy (non-hydrogen) atoms. The van der Waals surface area contributed by atoms with E-state index in [2.05, 4.69) is 10.6 Å². The van der Waals surface area contributed by atoms with Gasteiger partial charge in [0.05, 0.1) is 6.10 Å². The Bertz CT molecular complexity index is 525. The van der Waals surface area contributed by atoms with Crippen LogP contribution < -0.4 is 10.6 Å². The zero-order valence-electron chi connectivity index (χ0n) is 13.8. The number of benzene rings is 1. The van der Waals surface area contributed by atoms with Crippen molar-refractivity contribution >= 4 is 17.5 Å². The topological polar surface area (TPSA) is 78.4 Å². The Hall–Kier alpha value is -1.88. The van der Waals surface area contributed by atoms with Crippen molar-refractivity contribution in [3.05, 3.63) is 29.3 Å². The van der Waals surface area contributed by atoms with Gasteiger partial charge in [-0.25, -0.2) is 0 Å². The van der Waals surface area contributed by atoms with Crippen LogP contribution in [0.3, 0.4) is 0 Å². The van der Waals surface area contributed by atoms with Gasteiger partial charge in [0, 0.05) is 12.2 Å². The van der Waals surface area contributed by atoms with E-state index in [0.717, 1.165) is 24.0 Å². The molecule has 5 nitrogen and oxygen atoms in total. The maximum absolute atomic E-state index is 11.8. The van der Waals surface area contributed by atoms with Crippen LogP contribution in [-0.4, -0.2) is 29.6 Å². The third kappa shape index (κ3) is 5.15. The molecule has 0 aliphatic rings. The fraction of sp³-hybridized carbons (Fsp3) is 0.529. The van der Waals surface area contributed by atoms with Crippen molar-refractivity contribution in [2.24, 2.45) is 5.92 Å². The summed E-state index contributed by atoms with van der Waals surface area (Å²) >= 11 is 0. The maximum atomic E-state index is 11.8. The molecule has 1 aromatic carbocycles. The summed E-state index contributed by atoms with van der Waals surface area (Å²) in [5.41, 5.74) is 2.75. The van der Waals surface area contributed by atoms with Crippen molar-refractivity contribution in [3.8, 4) is 0 Å². The van der Waals surface area contributed by atoms with Crippen molar-refractivity contribution in [2.45, 2.75) is 46.6 Å². The van der Waals surface area contributed by atoms with Crippen molar-refractivity contribution < 1.29 is 14.7 Å². The van der Waals surface area contributed by atoms with Gasteiger partial charge in [0.15, 0.2) is 0 Å². The second-order valence-electron chi connectivity index (χ2n) is 5.61. The van der Waals surface area contributed by atoms with Crippen LogP contribution in [0.5, 0.6) is 0 Å². The second-order valence-corrected chi connectivity index (χ2v) is 5.61. The SMILES string of the molecule is CCC(CC)C(O)CNC(=O)C(=O)Nc1ccc(C)c(C)c1. The number of hydrogen-bond acceptors (Lipinski definition) is 3. The fourth-order valence-electron chi connectivity index (χ4n) is 2.28. The highest BCUT2D eigenvalue weighted by Gasteiger charge is 2.19. The van der Waals surface area contributed by atoms with E-state index in [0.29, 0.717) is 5.69 Å². The number of hydrogen-bond donors (Lipinski definition) is 3. The van der Waals surface area contributed by atoms with E-state index in [4.69, 9.17) is 0 Å². The Balaban J connectivity index is 2.51. The molecule has 1 rings (SSSR count). The Morgan fingerprint density at radius 2 is 1.73 bits per heavy atom. The van der Waals surface area contributed by atoms with Gasteiger partial charge in [-0.3, -0.25) is 9.59 Å². The first-order valence-electron chi connectivity index (χ1n) is 7.73. The average molecular weight is 306 g/mol. The lowest BCUT2D eigenvalue weighted by molar-refractivity contribution is -0.136. The van der Waals surface area contributed by atoms with E-state index in [9.17, 15) is 14.7 Å². The van der Waals surface area contributed by atoms with Crippen LogP contribution in [0.1, 0.15) is 37.8 Å². The third-order valence-electron chi connectivity index (χ3n) is 4.04. The highest BCUT2D eigenvalue weighted by atomic mass is 16.3. The largest absolute Gasteiger partial charge is 0.391 e. The number of carbonyl (C=O) groups is 2. The van der Waals surface area contributed by atoms with Crippen LogP contribution >= 0.6 is 0 Å². The van der Waals surface area contributed by atoms with Gasteiger partial charge in [-0.15, -0.1) is 0 Å². The van der Waals surface area contributed by atoms with Crippen LogP contribution in [0.4, 0.5) is 5.69 Å². The first-order chi connectivity index (χ1) is 10.4. The lowest BCUT2D eigenvalue weighted by Gasteiger charge is -2.20. The zero-order chi connectivity index (χ0) is 16.7. The van der Waals surface area contributed by atoms with E-state index >= 15 is 0 Å². The van der Waals surface area contributed by atoms with Crippen molar-refractivity contribution in [1.82, 2.24) is 5.32 Å². The molecule has 1 unspecified atom stereocenters. The van der Waals surface area contributed by atoms with Gasteiger partial charge in [-0.1, -0.05) is 32.8 Å². The first kappa shape index (κ1) is 18.2. The molecule has 3 N–H and O–H groups in total. The quantitative estimate of drug-likeness (QED) is 0.705. The summed E-state index contributed by atoms with van der Waals surface area (Å²) < 4.78 is 0. The van der Waals surface area contributed by atoms with Gasteiger partial charge in [-0.2, -0.15) is 0 Å². The van der Waals surface area contributed by atoms with Gasteiger partial charge >= 0.3 is 11.8 Å². The van der Waals surface area contributed by atoms with Crippen LogP contribution in [0, 0.1) is 19.8 Å². The molecular weight excluding hydrogens is 280 g/mol. The van der Waals surface area contributed by atoms with Crippen LogP contribution in [0.2, 0.25) is 0 Å². The minimum absolute atomic E-state index is 0.0888. The molecule has 0 spiro atoms. The molecule has 0 saturated carbocycles.